The van der Waals surface area contributed by atoms with Crippen LogP contribution in [0.4, 0.5) is 11.5 Å². The molecular weight excluding hydrogens is 364 g/mol. The molecule has 1 atom stereocenters. The SMILES string of the molecule is O=C(Nc1ccccc1)c1ccc(N2CC[C@H](NCc3cccc(O)c3)C2)nc1. The van der Waals surface area contributed by atoms with Gasteiger partial charge in [-0.05, 0) is 48.4 Å². The number of hydrogen-bond acceptors (Lipinski definition) is 5. The van der Waals surface area contributed by atoms with Crippen molar-refractivity contribution in [3.63, 3.8) is 0 Å². The van der Waals surface area contributed by atoms with Gasteiger partial charge in [0.15, 0.2) is 0 Å². The molecule has 6 heteroatoms. The van der Waals surface area contributed by atoms with Gasteiger partial charge in [-0.1, -0.05) is 30.3 Å². The molecule has 1 aliphatic heterocycles. The minimum absolute atomic E-state index is 0.165. The lowest BCUT2D eigenvalue weighted by Gasteiger charge is -2.18. The van der Waals surface area contributed by atoms with Crippen LogP contribution < -0.4 is 15.5 Å². The summed E-state index contributed by atoms with van der Waals surface area (Å²) in [6.07, 6.45) is 2.65. The van der Waals surface area contributed by atoms with Gasteiger partial charge in [-0.2, -0.15) is 0 Å². The van der Waals surface area contributed by atoms with Crippen LogP contribution in [-0.4, -0.2) is 35.1 Å². The number of nitrogens with one attached hydrogen (secondary N) is 2. The number of carbonyl (C=O) groups is 1. The first-order valence-corrected chi connectivity index (χ1v) is 9.76. The predicted molar refractivity (Wildman–Crippen MR) is 114 cm³/mol. The Kier molecular flexibility index (Phi) is 5.72. The number of nitrogens with zero attached hydrogens (tertiary/aromatic N) is 2. The monoisotopic (exact) mass is 388 g/mol. The van der Waals surface area contributed by atoms with Gasteiger partial charge < -0.3 is 20.6 Å². The van der Waals surface area contributed by atoms with Crippen LogP contribution in [0, 0.1) is 0 Å². The summed E-state index contributed by atoms with van der Waals surface area (Å²) in [7, 11) is 0. The van der Waals surface area contributed by atoms with Gasteiger partial charge in [0.2, 0.25) is 0 Å². The van der Waals surface area contributed by atoms with E-state index < -0.39 is 0 Å². The number of phenolic OH excluding ortho intramolecular Hbond substituents is 1. The fourth-order valence-electron chi connectivity index (χ4n) is 3.50. The van der Waals surface area contributed by atoms with Gasteiger partial charge in [-0.15, -0.1) is 0 Å². The molecule has 0 aliphatic carbocycles. The molecule has 0 spiro atoms. The van der Waals surface area contributed by atoms with Gasteiger partial charge in [0.25, 0.3) is 5.91 Å². The first-order chi connectivity index (χ1) is 14.2. The molecule has 2 aromatic carbocycles. The second-order valence-electron chi connectivity index (χ2n) is 7.21. The third kappa shape index (κ3) is 4.92. The number of aromatic nitrogens is 1. The molecule has 3 N–H and O–H groups in total. The second-order valence-corrected chi connectivity index (χ2v) is 7.21. The van der Waals surface area contributed by atoms with E-state index in [2.05, 4.69) is 20.5 Å². The Morgan fingerprint density at radius 2 is 1.97 bits per heavy atom. The van der Waals surface area contributed by atoms with Gasteiger partial charge in [-0.3, -0.25) is 4.79 Å². The molecule has 1 fully saturated rings. The van der Waals surface area contributed by atoms with Crippen molar-refractivity contribution < 1.29 is 9.90 Å². The van der Waals surface area contributed by atoms with Crippen LogP contribution in [0.3, 0.4) is 0 Å². The molecule has 0 unspecified atom stereocenters. The van der Waals surface area contributed by atoms with Crippen LogP contribution in [-0.2, 0) is 6.54 Å². The number of aromatic hydroxyl groups is 1. The highest BCUT2D eigenvalue weighted by atomic mass is 16.3. The first kappa shape index (κ1) is 19.0. The fourth-order valence-corrected chi connectivity index (χ4v) is 3.50. The normalized spacial score (nSPS) is 16.0. The first-order valence-electron chi connectivity index (χ1n) is 9.76. The molecule has 1 saturated heterocycles. The maximum atomic E-state index is 12.4. The van der Waals surface area contributed by atoms with Crippen LogP contribution in [0.5, 0.6) is 5.75 Å². The summed E-state index contributed by atoms with van der Waals surface area (Å²) in [5.41, 5.74) is 2.37. The summed E-state index contributed by atoms with van der Waals surface area (Å²) < 4.78 is 0. The molecule has 1 aliphatic rings. The maximum Gasteiger partial charge on any atom is 0.257 e. The van der Waals surface area contributed by atoms with Crippen molar-refractivity contribution in [3.8, 4) is 5.75 Å². The highest BCUT2D eigenvalue weighted by Gasteiger charge is 2.23. The zero-order valence-corrected chi connectivity index (χ0v) is 16.1. The summed E-state index contributed by atoms with van der Waals surface area (Å²) in [4.78, 5) is 19.1. The summed E-state index contributed by atoms with van der Waals surface area (Å²) in [5.74, 6) is 1.00. The predicted octanol–water partition coefficient (Wildman–Crippen LogP) is 3.41. The number of pyridine rings is 1. The van der Waals surface area contributed by atoms with E-state index in [1.54, 1.807) is 18.3 Å². The van der Waals surface area contributed by atoms with Crippen LogP contribution in [0.25, 0.3) is 0 Å². The van der Waals surface area contributed by atoms with E-state index in [1.165, 1.54) is 0 Å². The maximum absolute atomic E-state index is 12.4. The summed E-state index contributed by atoms with van der Waals surface area (Å²) in [6.45, 7) is 2.50. The standard InChI is InChI=1S/C23H24N4O2/c28-21-8-4-5-17(13-21)14-24-20-11-12-27(16-20)22-10-9-18(15-25-22)23(29)26-19-6-2-1-3-7-19/h1-10,13,15,20,24,28H,11-12,14,16H2,(H,26,29)/t20-/m0/s1. The molecule has 2 heterocycles. The van der Waals surface area contributed by atoms with E-state index in [0.717, 1.165) is 43.1 Å². The third-order valence-electron chi connectivity index (χ3n) is 5.06. The lowest BCUT2D eigenvalue weighted by atomic mass is 10.2. The molecule has 0 radical (unpaired) electrons. The van der Waals surface area contributed by atoms with Crippen LogP contribution in [0.1, 0.15) is 22.3 Å². The molecule has 0 bridgehead atoms. The van der Waals surface area contributed by atoms with Crippen molar-refractivity contribution in [2.45, 2.75) is 19.0 Å². The lowest BCUT2D eigenvalue weighted by Crippen LogP contribution is -2.32. The molecule has 1 aromatic heterocycles. The Morgan fingerprint density at radius 3 is 2.72 bits per heavy atom. The zero-order chi connectivity index (χ0) is 20.1. The Balaban J connectivity index is 1.31. The lowest BCUT2D eigenvalue weighted by molar-refractivity contribution is 0.102. The molecule has 4 rings (SSSR count). The van der Waals surface area contributed by atoms with Gasteiger partial charge in [0.05, 0.1) is 5.56 Å². The average Bonchev–Trinajstić information content (AvgIpc) is 3.22. The Hall–Kier alpha value is -3.38. The average molecular weight is 388 g/mol. The Morgan fingerprint density at radius 1 is 1.10 bits per heavy atom. The van der Waals surface area contributed by atoms with E-state index >= 15 is 0 Å². The highest BCUT2D eigenvalue weighted by molar-refractivity contribution is 6.04. The number of anilines is 2. The van der Waals surface area contributed by atoms with Gasteiger partial charge in [0, 0.05) is 37.6 Å². The molecule has 1 amide bonds. The largest absolute Gasteiger partial charge is 0.508 e. The topological polar surface area (TPSA) is 77.5 Å². The number of rotatable bonds is 6. The molecule has 6 nitrogen and oxygen atoms in total. The van der Waals surface area contributed by atoms with E-state index in [4.69, 9.17) is 0 Å². The Labute approximate surface area is 170 Å². The fraction of sp³-hybridized carbons (Fsp3) is 0.217. The summed E-state index contributed by atoms with van der Waals surface area (Å²) >= 11 is 0. The molecular formula is C23H24N4O2. The van der Waals surface area contributed by atoms with E-state index in [0.29, 0.717) is 11.6 Å². The number of carbonyl (C=O) groups excluding carboxylic acids is 1. The smallest absolute Gasteiger partial charge is 0.257 e. The quantitative estimate of drug-likeness (QED) is 0.603. The van der Waals surface area contributed by atoms with Crippen molar-refractivity contribution in [3.05, 3.63) is 84.1 Å². The van der Waals surface area contributed by atoms with E-state index in [9.17, 15) is 9.90 Å². The summed E-state index contributed by atoms with van der Waals surface area (Å²) in [5, 5.41) is 16.0. The van der Waals surface area contributed by atoms with Crippen molar-refractivity contribution in [2.75, 3.05) is 23.3 Å². The number of para-hydroxylation sites is 1. The molecule has 148 valence electrons. The van der Waals surface area contributed by atoms with Crippen molar-refractivity contribution >= 4 is 17.4 Å². The van der Waals surface area contributed by atoms with Crippen molar-refractivity contribution in [1.29, 1.82) is 0 Å². The molecule has 0 saturated carbocycles. The Bertz CT molecular complexity index is 960. The van der Waals surface area contributed by atoms with E-state index in [1.807, 2.05) is 54.6 Å². The van der Waals surface area contributed by atoms with Crippen molar-refractivity contribution in [2.24, 2.45) is 0 Å². The second kappa shape index (κ2) is 8.75. The van der Waals surface area contributed by atoms with Crippen LogP contribution in [0.15, 0.2) is 72.9 Å². The number of phenols is 1. The van der Waals surface area contributed by atoms with Gasteiger partial charge >= 0.3 is 0 Å². The highest BCUT2D eigenvalue weighted by Crippen LogP contribution is 2.19. The van der Waals surface area contributed by atoms with Crippen LogP contribution in [0.2, 0.25) is 0 Å². The minimum Gasteiger partial charge on any atom is -0.508 e. The van der Waals surface area contributed by atoms with Gasteiger partial charge in [-0.25, -0.2) is 4.98 Å². The van der Waals surface area contributed by atoms with Crippen LogP contribution >= 0.6 is 0 Å². The molecule has 3 aromatic rings. The zero-order valence-electron chi connectivity index (χ0n) is 16.1. The minimum atomic E-state index is -0.165. The molecule has 29 heavy (non-hydrogen) atoms. The number of hydrogen-bond donors (Lipinski definition) is 3. The van der Waals surface area contributed by atoms with E-state index in [-0.39, 0.29) is 11.7 Å². The van der Waals surface area contributed by atoms with Crippen molar-refractivity contribution in [1.82, 2.24) is 10.3 Å². The third-order valence-corrected chi connectivity index (χ3v) is 5.06. The van der Waals surface area contributed by atoms with Gasteiger partial charge in [0.1, 0.15) is 11.6 Å². The number of amides is 1. The summed E-state index contributed by atoms with van der Waals surface area (Å²) in [6, 6.07) is 20.8. The number of benzene rings is 2.